The van der Waals surface area contributed by atoms with E-state index in [9.17, 15) is 4.79 Å². The average Bonchev–Trinajstić information content (AvgIpc) is 2.52. The van der Waals surface area contributed by atoms with Gasteiger partial charge in [-0.25, -0.2) is 5.43 Å². The van der Waals surface area contributed by atoms with Crippen molar-refractivity contribution in [3.63, 3.8) is 0 Å². The summed E-state index contributed by atoms with van der Waals surface area (Å²) >= 11 is 0. The highest BCUT2D eigenvalue weighted by Crippen LogP contribution is 2.06. The molecule has 21 heavy (non-hydrogen) atoms. The van der Waals surface area contributed by atoms with Crippen LogP contribution in [0.25, 0.3) is 0 Å². The molecule has 0 saturated carbocycles. The fraction of sp³-hybridized carbons (Fsp3) is 0. The number of carbonyl (C=O) groups is 1. The molecule has 6 nitrogen and oxygen atoms in total. The molecule has 0 aliphatic heterocycles. The van der Waals surface area contributed by atoms with Gasteiger partial charge in [0.1, 0.15) is 5.71 Å². The van der Waals surface area contributed by atoms with Gasteiger partial charge in [-0.1, -0.05) is 41.6 Å². The highest BCUT2D eigenvalue weighted by molar-refractivity contribution is 6.38. The zero-order chi connectivity index (χ0) is 15.1. The number of nitrogen functional groups attached to an aromatic ring is 1. The Morgan fingerprint density at radius 1 is 1.10 bits per heavy atom. The number of nitrogens with two attached hydrogens (primary N) is 1. The van der Waals surface area contributed by atoms with Crippen LogP contribution in [0, 0.1) is 0 Å². The van der Waals surface area contributed by atoms with Crippen molar-refractivity contribution in [2.45, 2.75) is 0 Å². The van der Waals surface area contributed by atoms with E-state index < -0.39 is 5.91 Å². The fourth-order valence-electron chi connectivity index (χ4n) is 1.69. The van der Waals surface area contributed by atoms with Crippen molar-refractivity contribution in [3.05, 3.63) is 65.7 Å². The molecule has 2 rings (SSSR count). The van der Waals surface area contributed by atoms with Gasteiger partial charge in [0.2, 0.25) is 0 Å². The normalized spacial score (nSPS) is 11.5. The van der Waals surface area contributed by atoms with Crippen molar-refractivity contribution in [3.8, 4) is 0 Å². The Balaban J connectivity index is 2.19. The van der Waals surface area contributed by atoms with Gasteiger partial charge >= 0.3 is 0 Å². The number of carbonyl (C=O) groups excluding carboxylic acids is 1. The predicted molar refractivity (Wildman–Crippen MR) is 81.6 cm³/mol. The standard InChI is InChI=1S/C15H14N4O2/c16-13-8-4-7-12(9-13)15(20)19-18-14(10-17-21)11-5-2-1-3-6-11/h1-10,21H,16H2,(H,19,20). The molecular weight excluding hydrogens is 268 g/mol. The van der Waals surface area contributed by atoms with E-state index in [0.717, 1.165) is 6.21 Å². The third-order valence-corrected chi connectivity index (χ3v) is 2.68. The summed E-state index contributed by atoms with van der Waals surface area (Å²) in [5.41, 5.74) is 9.95. The van der Waals surface area contributed by atoms with E-state index in [1.165, 1.54) is 0 Å². The van der Waals surface area contributed by atoms with Gasteiger partial charge in [-0.3, -0.25) is 4.79 Å². The average molecular weight is 282 g/mol. The molecule has 2 aromatic carbocycles. The molecule has 0 fully saturated rings. The molecule has 0 spiro atoms. The Morgan fingerprint density at radius 2 is 1.81 bits per heavy atom. The highest BCUT2D eigenvalue weighted by atomic mass is 16.4. The largest absolute Gasteiger partial charge is 0.411 e. The Kier molecular flexibility index (Phi) is 4.66. The van der Waals surface area contributed by atoms with Crippen LogP contribution in [0.5, 0.6) is 0 Å². The maximum absolute atomic E-state index is 12.0. The molecule has 0 aliphatic carbocycles. The highest BCUT2D eigenvalue weighted by Gasteiger charge is 2.06. The maximum Gasteiger partial charge on any atom is 0.271 e. The molecule has 0 aromatic heterocycles. The van der Waals surface area contributed by atoms with Gasteiger partial charge in [-0.2, -0.15) is 5.10 Å². The van der Waals surface area contributed by atoms with Crippen LogP contribution in [-0.2, 0) is 0 Å². The fourth-order valence-corrected chi connectivity index (χ4v) is 1.69. The second-order valence-corrected chi connectivity index (χ2v) is 4.17. The Bertz CT molecular complexity index is 681. The van der Waals surface area contributed by atoms with Crippen molar-refractivity contribution in [2.24, 2.45) is 10.3 Å². The van der Waals surface area contributed by atoms with Crippen molar-refractivity contribution >= 4 is 23.5 Å². The van der Waals surface area contributed by atoms with Crippen molar-refractivity contribution in [1.82, 2.24) is 5.43 Å². The lowest BCUT2D eigenvalue weighted by molar-refractivity contribution is 0.0955. The Labute approximate surface area is 121 Å². The van der Waals surface area contributed by atoms with Crippen LogP contribution in [0.4, 0.5) is 5.69 Å². The van der Waals surface area contributed by atoms with Crippen LogP contribution < -0.4 is 11.2 Å². The minimum absolute atomic E-state index is 0.329. The monoisotopic (exact) mass is 282 g/mol. The zero-order valence-corrected chi connectivity index (χ0v) is 11.1. The summed E-state index contributed by atoms with van der Waals surface area (Å²) < 4.78 is 0. The molecule has 0 bridgehead atoms. The predicted octanol–water partition coefficient (Wildman–Crippen LogP) is 1.86. The van der Waals surface area contributed by atoms with Gasteiger partial charge in [0.25, 0.3) is 5.91 Å². The molecule has 0 unspecified atom stereocenters. The van der Waals surface area contributed by atoms with Crippen LogP contribution in [-0.4, -0.2) is 23.0 Å². The minimum atomic E-state index is -0.401. The first-order valence-electron chi connectivity index (χ1n) is 6.17. The molecule has 0 radical (unpaired) electrons. The number of hydrogen-bond acceptors (Lipinski definition) is 5. The summed E-state index contributed by atoms with van der Waals surface area (Å²) in [6.07, 6.45) is 1.15. The van der Waals surface area contributed by atoms with Gasteiger partial charge in [0.05, 0.1) is 6.21 Å². The van der Waals surface area contributed by atoms with Gasteiger partial charge in [0, 0.05) is 16.8 Å². The smallest absolute Gasteiger partial charge is 0.271 e. The first kappa shape index (κ1) is 14.3. The van der Waals surface area contributed by atoms with Crippen LogP contribution in [0.2, 0.25) is 0 Å². The maximum atomic E-state index is 12.0. The van der Waals surface area contributed by atoms with E-state index >= 15 is 0 Å². The van der Waals surface area contributed by atoms with E-state index in [0.29, 0.717) is 22.5 Å². The van der Waals surface area contributed by atoms with E-state index in [2.05, 4.69) is 15.7 Å². The van der Waals surface area contributed by atoms with Crippen molar-refractivity contribution < 1.29 is 10.0 Å². The lowest BCUT2D eigenvalue weighted by Crippen LogP contribution is -2.20. The summed E-state index contributed by atoms with van der Waals surface area (Å²) in [6, 6.07) is 15.6. The molecule has 6 heteroatoms. The van der Waals surface area contributed by atoms with Crippen LogP contribution >= 0.6 is 0 Å². The number of rotatable bonds is 4. The molecule has 1 amide bonds. The molecule has 2 aromatic rings. The molecule has 0 heterocycles. The molecule has 0 saturated heterocycles. The Morgan fingerprint density at radius 3 is 2.48 bits per heavy atom. The molecule has 0 aliphatic rings. The molecule has 106 valence electrons. The number of hydrogen-bond donors (Lipinski definition) is 3. The first-order chi connectivity index (χ1) is 10.2. The summed E-state index contributed by atoms with van der Waals surface area (Å²) in [7, 11) is 0. The van der Waals surface area contributed by atoms with Crippen molar-refractivity contribution in [2.75, 3.05) is 5.73 Å². The van der Waals surface area contributed by atoms with E-state index in [1.54, 1.807) is 36.4 Å². The van der Waals surface area contributed by atoms with Gasteiger partial charge in [-0.15, -0.1) is 0 Å². The molecule has 0 atom stereocenters. The van der Waals surface area contributed by atoms with E-state index in [4.69, 9.17) is 10.9 Å². The number of oxime groups is 1. The van der Waals surface area contributed by atoms with Gasteiger partial charge in [-0.05, 0) is 18.2 Å². The van der Waals surface area contributed by atoms with Crippen molar-refractivity contribution in [1.29, 1.82) is 0 Å². The zero-order valence-electron chi connectivity index (χ0n) is 11.1. The summed E-state index contributed by atoms with van der Waals surface area (Å²) in [5.74, 6) is -0.401. The van der Waals surface area contributed by atoms with E-state index in [1.807, 2.05) is 18.2 Å². The van der Waals surface area contributed by atoms with Crippen LogP contribution in [0.15, 0.2) is 64.9 Å². The number of anilines is 1. The molecular formula is C15H14N4O2. The van der Waals surface area contributed by atoms with Gasteiger partial charge < -0.3 is 10.9 Å². The SMILES string of the molecule is Nc1cccc(C(=O)NN=C(C=NO)c2ccccc2)c1. The Hall–Kier alpha value is -3.15. The summed E-state index contributed by atoms with van der Waals surface area (Å²) in [6.45, 7) is 0. The second kappa shape index (κ2) is 6.85. The van der Waals surface area contributed by atoms with Crippen LogP contribution in [0.3, 0.4) is 0 Å². The minimum Gasteiger partial charge on any atom is -0.411 e. The number of nitrogens with zero attached hydrogens (tertiary/aromatic N) is 2. The molecule has 4 N–H and O–H groups in total. The topological polar surface area (TPSA) is 100 Å². The number of amides is 1. The number of benzene rings is 2. The van der Waals surface area contributed by atoms with Crippen LogP contribution in [0.1, 0.15) is 15.9 Å². The summed E-state index contributed by atoms with van der Waals surface area (Å²) in [5, 5.41) is 15.6. The summed E-state index contributed by atoms with van der Waals surface area (Å²) in [4.78, 5) is 12.0. The third-order valence-electron chi connectivity index (χ3n) is 2.68. The number of nitrogens with one attached hydrogen (secondary N) is 1. The second-order valence-electron chi connectivity index (χ2n) is 4.17. The quantitative estimate of drug-likeness (QED) is 0.345. The lowest BCUT2D eigenvalue weighted by atomic mass is 10.1. The third kappa shape index (κ3) is 3.90. The van der Waals surface area contributed by atoms with E-state index in [-0.39, 0.29) is 0 Å². The first-order valence-corrected chi connectivity index (χ1v) is 6.17. The lowest BCUT2D eigenvalue weighted by Gasteiger charge is -2.03. The number of hydrazone groups is 1. The van der Waals surface area contributed by atoms with Gasteiger partial charge in [0.15, 0.2) is 0 Å².